The average molecular weight is 449 g/mol. The number of carbonyl (C=O) groups is 2. The van der Waals surface area contributed by atoms with Crippen molar-refractivity contribution >= 4 is 23.4 Å². The minimum absolute atomic E-state index is 0.0858. The number of amides is 2. The third-order valence-electron chi connectivity index (χ3n) is 5.72. The molecule has 2 aliphatic heterocycles. The van der Waals surface area contributed by atoms with Crippen molar-refractivity contribution in [2.24, 2.45) is 13.0 Å². The quantitative estimate of drug-likeness (QED) is 0.711. The van der Waals surface area contributed by atoms with Gasteiger partial charge in [0.1, 0.15) is 11.8 Å². The molecule has 2 fully saturated rings. The summed E-state index contributed by atoms with van der Waals surface area (Å²) in [5, 5.41) is 14.6. The van der Waals surface area contributed by atoms with E-state index in [0.29, 0.717) is 31.3 Å². The van der Waals surface area contributed by atoms with Crippen molar-refractivity contribution in [3.05, 3.63) is 29.6 Å². The van der Waals surface area contributed by atoms with Crippen molar-refractivity contribution in [3.63, 3.8) is 0 Å². The number of hydrogen-bond acceptors (Lipinski definition) is 7. The van der Waals surface area contributed by atoms with E-state index < -0.39 is 23.8 Å². The summed E-state index contributed by atoms with van der Waals surface area (Å²) >= 11 is 0. The topological polar surface area (TPSA) is 105 Å². The fourth-order valence-corrected chi connectivity index (χ4v) is 4.13. The van der Waals surface area contributed by atoms with E-state index in [1.807, 2.05) is 0 Å². The van der Waals surface area contributed by atoms with Gasteiger partial charge in [-0.2, -0.15) is 4.80 Å². The van der Waals surface area contributed by atoms with E-state index in [4.69, 9.17) is 4.74 Å². The van der Waals surface area contributed by atoms with Crippen LogP contribution in [0.5, 0.6) is 0 Å². The number of nitrogens with zero attached hydrogens (tertiary/aromatic N) is 6. The van der Waals surface area contributed by atoms with Gasteiger partial charge in [-0.05, 0) is 24.0 Å². The first-order valence-electron chi connectivity index (χ1n) is 10.5. The molecule has 1 N–H and O–H groups in total. The summed E-state index contributed by atoms with van der Waals surface area (Å²) in [6, 6.07) is 2.30. The Balaban J connectivity index is 1.40. The molecule has 0 spiro atoms. The highest BCUT2D eigenvalue weighted by Gasteiger charge is 2.34. The number of nitrogens with one attached hydrogen (secondary N) is 1. The van der Waals surface area contributed by atoms with Gasteiger partial charge in [-0.1, -0.05) is 0 Å². The molecule has 172 valence electrons. The SMILES string of the molecule is CC(=O)NCC1CN(c2cc(F)c(N3CCC(Cc4nnn(C)n4)CC3)c(F)c2)C(=O)O1. The zero-order valence-corrected chi connectivity index (χ0v) is 17.9. The standard InChI is InChI=1S/C20H25F2N7O3/c1-12(30)23-10-15-11-29(20(31)32-15)14-8-16(21)19(17(22)9-14)28-5-3-13(4-6-28)7-18-24-26-27(2)25-18/h8-9,13,15H,3-7,10-11H2,1-2H3,(H,23,30). The lowest BCUT2D eigenvalue weighted by Gasteiger charge is -2.33. The van der Waals surface area contributed by atoms with Crippen molar-refractivity contribution in [2.75, 3.05) is 36.0 Å². The molecular formula is C20H25F2N7O3. The minimum atomic E-state index is -0.729. The highest BCUT2D eigenvalue weighted by Crippen LogP contribution is 2.33. The Morgan fingerprint density at radius 3 is 2.53 bits per heavy atom. The Bertz CT molecular complexity index is 984. The maximum Gasteiger partial charge on any atom is 0.414 e. The Hall–Kier alpha value is -3.31. The molecule has 2 amide bonds. The molecule has 0 saturated carbocycles. The lowest BCUT2D eigenvalue weighted by Crippen LogP contribution is -2.36. The molecule has 1 aromatic heterocycles. The highest BCUT2D eigenvalue weighted by molar-refractivity contribution is 5.90. The van der Waals surface area contributed by atoms with Crippen LogP contribution in [0.4, 0.5) is 25.0 Å². The van der Waals surface area contributed by atoms with Gasteiger partial charge in [0.25, 0.3) is 0 Å². The summed E-state index contributed by atoms with van der Waals surface area (Å²) in [5.74, 6) is -0.722. The number of cyclic esters (lactones) is 1. The van der Waals surface area contributed by atoms with Gasteiger partial charge < -0.3 is 15.0 Å². The van der Waals surface area contributed by atoms with Crippen LogP contribution >= 0.6 is 0 Å². The van der Waals surface area contributed by atoms with E-state index in [2.05, 4.69) is 20.7 Å². The summed E-state index contributed by atoms with van der Waals surface area (Å²) in [6.45, 7) is 2.59. The number of rotatable bonds is 6. The number of anilines is 2. The zero-order chi connectivity index (χ0) is 22.8. The summed E-state index contributed by atoms with van der Waals surface area (Å²) in [5.41, 5.74) is -0.00474. The summed E-state index contributed by atoms with van der Waals surface area (Å²) in [6.07, 6.45) is 0.900. The van der Waals surface area contributed by atoms with Gasteiger partial charge in [0.15, 0.2) is 17.5 Å². The number of halogens is 2. The van der Waals surface area contributed by atoms with E-state index in [0.717, 1.165) is 25.0 Å². The lowest BCUT2D eigenvalue weighted by atomic mass is 9.93. The lowest BCUT2D eigenvalue weighted by molar-refractivity contribution is -0.119. The molecule has 1 unspecified atom stereocenters. The molecular weight excluding hydrogens is 424 g/mol. The van der Waals surface area contributed by atoms with Crippen LogP contribution < -0.4 is 15.1 Å². The molecule has 2 saturated heterocycles. The molecule has 4 rings (SSSR count). The minimum Gasteiger partial charge on any atom is -0.442 e. The molecule has 0 aliphatic carbocycles. The van der Waals surface area contributed by atoms with E-state index in [1.54, 1.807) is 11.9 Å². The molecule has 3 heterocycles. The first-order valence-corrected chi connectivity index (χ1v) is 10.5. The predicted octanol–water partition coefficient (Wildman–Crippen LogP) is 1.41. The van der Waals surface area contributed by atoms with Crippen molar-refractivity contribution in [3.8, 4) is 0 Å². The van der Waals surface area contributed by atoms with Gasteiger partial charge in [-0.3, -0.25) is 9.69 Å². The van der Waals surface area contributed by atoms with Crippen LogP contribution in [0.15, 0.2) is 12.1 Å². The molecule has 32 heavy (non-hydrogen) atoms. The second-order valence-electron chi connectivity index (χ2n) is 8.14. The number of ether oxygens (including phenoxy) is 1. The van der Waals surface area contributed by atoms with Gasteiger partial charge in [-0.25, -0.2) is 13.6 Å². The number of aryl methyl sites for hydroxylation is 1. The molecule has 12 heteroatoms. The van der Waals surface area contributed by atoms with E-state index >= 15 is 0 Å². The summed E-state index contributed by atoms with van der Waals surface area (Å²) in [4.78, 5) is 27.5. The van der Waals surface area contributed by atoms with E-state index in [-0.39, 0.29) is 30.4 Å². The fraction of sp³-hybridized carbons (Fsp3) is 0.550. The number of piperidine rings is 1. The Labute approximate surface area is 183 Å². The van der Waals surface area contributed by atoms with Crippen molar-refractivity contribution in [1.82, 2.24) is 25.5 Å². The fourth-order valence-electron chi connectivity index (χ4n) is 4.13. The third kappa shape index (κ3) is 4.78. The van der Waals surface area contributed by atoms with Crippen molar-refractivity contribution in [2.45, 2.75) is 32.3 Å². The monoisotopic (exact) mass is 449 g/mol. The predicted molar refractivity (Wildman–Crippen MR) is 110 cm³/mol. The van der Waals surface area contributed by atoms with Crippen LogP contribution in [0.1, 0.15) is 25.6 Å². The Morgan fingerprint density at radius 2 is 1.94 bits per heavy atom. The first-order chi connectivity index (χ1) is 15.3. The maximum absolute atomic E-state index is 14.9. The molecule has 10 nitrogen and oxygen atoms in total. The van der Waals surface area contributed by atoms with Crippen molar-refractivity contribution in [1.29, 1.82) is 0 Å². The molecule has 1 atom stereocenters. The van der Waals surface area contributed by atoms with Gasteiger partial charge in [0.2, 0.25) is 5.91 Å². The molecule has 2 aromatic rings. The molecule has 1 aromatic carbocycles. The van der Waals surface area contributed by atoms with Crippen molar-refractivity contribution < 1.29 is 23.1 Å². The van der Waals surface area contributed by atoms with Gasteiger partial charge in [0, 0.05) is 38.6 Å². The number of hydrogen-bond donors (Lipinski definition) is 1. The molecule has 0 bridgehead atoms. The van der Waals surface area contributed by atoms with Gasteiger partial charge >= 0.3 is 6.09 Å². The van der Waals surface area contributed by atoms with Gasteiger partial charge in [0.05, 0.1) is 25.8 Å². The third-order valence-corrected chi connectivity index (χ3v) is 5.72. The highest BCUT2D eigenvalue weighted by atomic mass is 19.1. The van der Waals surface area contributed by atoms with E-state index in [1.165, 1.54) is 16.6 Å². The normalized spacial score (nSPS) is 19.4. The van der Waals surface area contributed by atoms with Crippen LogP contribution in [-0.4, -0.2) is 64.5 Å². The second-order valence-corrected chi connectivity index (χ2v) is 8.14. The summed E-state index contributed by atoms with van der Waals surface area (Å²) < 4.78 is 35.0. The Kier molecular flexibility index (Phi) is 6.19. The number of benzene rings is 1. The van der Waals surface area contributed by atoms with Crippen LogP contribution in [0.25, 0.3) is 0 Å². The zero-order valence-electron chi connectivity index (χ0n) is 17.9. The second kappa shape index (κ2) is 9.05. The van der Waals surface area contributed by atoms with Crippen LogP contribution in [0, 0.1) is 17.6 Å². The van der Waals surface area contributed by atoms with Gasteiger partial charge in [-0.15, -0.1) is 10.2 Å². The number of tetrazole rings is 1. The molecule has 0 radical (unpaired) electrons. The van der Waals surface area contributed by atoms with Crippen LogP contribution in [-0.2, 0) is 23.0 Å². The Morgan fingerprint density at radius 1 is 1.25 bits per heavy atom. The smallest absolute Gasteiger partial charge is 0.414 e. The molecule has 2 aliphatic rings. The summed E-state index contributed by atoms with van der Waals surface area (Å²) in [7, 11) is 1.71. The number of carbonyl (C=O) groups excluding carboxylic acids is 2. The number of aromatic nitrogens is 4. The first kappa shape index (κ1) is 21.9. The average Bonchev–Trinajstić information content (AvgIpc) is 3.32. The van der Waals surface area contributed by atoms with Crippen LogP contribution in [0.3, 0.4) is 0 Å². The van der Waals surface area contributed by atoms with E-state index in [9.17, 15) is 18.4 Å². The maximum atomic E-state index is 14.9. The van der Waals surface area contributed by atoms with Crippen LogP contribution in [0.2, 0.25) is 0 Å². The largest absolute Gasteiger partial charge is 0.442 e.